The maximum Gasteiger partial charge on any atom is 0.222 e. The van der Waals surface area contributed by atoms with Gasteiger partial charge in [-0.2, -0.15) is 0 Å². The van der Waals surface area contributed by atoms with Crippen molar-refractivity contribution in [2.45, 2.75) is 38.1 Å². The molecule has 0 radical (unpaired) electrons. The molecule has 2 saturated heterocycles. The van der Waals surface area contributed by atoms with E-state index in [1.165, 1.54) is 12.8 Å². The van der Waals surface area contributed by atoms with Crippen LogP contribution in [0.3, 0.4) is 0 Å². The van der Waals surface area contributed by atoms with Crippen LogP contribution in [0.2, 0.25) is 0 Å². The van der Waals surface area contributed by atoms with Gasteiger partial charge in [0.1, 0.15) is 0 Å². The van der Waals surface area contributed by atoms with Gasteiger partial charge in [-0.05, 0) is 32.2 Å². The van der Waals surface area contributed by atoms with Crippen molar-refractivity contribution in [2.75, 3.05) is 33.4 Å². The summed E-state index contributed by atoms with van der Waals surface area (Å²) in [6, 6.07) is 0.580. The molecule has 2 rings (SSSR count). The molecule has 0 aromatic heterocycles. The molecule has 5 heteroatoms. The summed E-state index contributed by atoms with van der Waals surface area (Å²) in [5, 5.41) is 3.44. The van der Waals surface area contributed by atoms with Gasteiger partial charge in [0, 0.05) is 38.6 Å². The van der Waals surface area contributed by atoms with Crippen LogP contribution in [0.4, 0.5) is 0 Å². The summed E-state index contributed by atoms with van der Waals surface area (Å²) in [5.74, 6) is 0.880. The lowest BCUT2D eigenvalue weighted by Crippen LogP contribution is -2.31. The highest BCUT2D eigenvalue weighted by atomic mass is 35.5. The first kappa shape index (κ1) is 15.7. The number of ether oxygens (including phenoxy) is 1. The van der Waals surface area contributed by atoms with Gasteiger partial charge in [-0.3, -0.25) is 4.79 Å². The lowest BCUT2D eigenvalue weighted by molar-refractivity contribution is -0.130. The predicted molar refractivity (Wildman–Crippen MR) is 74.1 cm³/mol. The van der Waals surface area contributed by atoms with E-state index < -0.39 is 0 Å². The monoisotopic (exact) mass is 276 g/mol. The predicted octanol–water partition coefficient (Wildman–Crippen LogP) is 1.44. The van der Waals surface area contributed by atoms with E-state index in [1.807, 2.05) is 4.90 Å². The Balaban J connectivity index is 0.00000162. The first-order valence-corrected chi connectivity index (χ1v) is 6.79. The third-order valence-electron chi connectivity index (χ3n) is 3.91. The number of carbonyl (C=O) groups is 1. The van der Waals surface area contributed by atoms with E-state index in [1.54, 1.807) is 7.11 Å². The summed E-state index contributed by atoms with van der Waals surface area (Å²) >= 11 is 0. The van der Waals surface area contributed by atoms with Crippen molar-refractivity contribution in [2.24, 2.45) is 5.92 Å². The average Bonchev–Trinajstić information content (AvgIpc) is 2.97. The van der Waals surface area contributed by atoms with Crippen molar-refractivity contribution in [1.29, 1.82) is 0 Å². The highest BCUT2D eigenvalue weighted by Crippen LogP contribution is 2.18. The topological polar surface area (TPSA) is 41.6 Å². The lowest BCUT2D eigenvalue weighted by Gasteiger charge is -2.17. The summed E-state index contributed by atoms with van der Waals surface area (Å²) in [6.45, 7) is 3.72. The molecule has 4 nitrogen and oxygen atoms in total. The number of rotatable bonds is 5. The van der Waals surface area contributed by atoms with Crippen LogP contribution in [0.5, 0.6) is 0 Å². The molecule has 0 aromatic rings. The zero-order valence-electron chi connectivity index (χ0n) is 11.2. The van der Waals surface area contributed by atoms with Gasteiger partial charge in [0.05, 0.1) is 6.61 Å². The van der Waals surface area contributed by atoms with Crippen molar-refractivity contribution in [3.8, 4) is 0 Å². The molecule has 18 heavy (non-hydrogen) atoms. The highest BCUT2D eigenvalue weighted by Gasteiger charge is 2.26. The second kappa shape index (κ2) is 7.97. The Kier molecular flexibility index (Phi) is 6.97. The molecule has 0 saturated carbocycles. The van der Waals surface area contributed by atoms with E-state index in [0.29, 0.717) is 24.3 Å². The van der Waals surface area contributed by atoms with E-state index in [-0.39, 0.29) is 12.4 Å². The summed E-state index contributed by atoms with van der Waals surface area (Å²) in [7, 11) is 1.73. The molecule has 2 heterocycles. The lowest BCUT2D eigenvalue weighted by atomic mass is 10.1. The summed E-state index contributed by atoms with van der Waals surface area (Å²) in [4.78, 5) is 14.0. The zero-order chi connectivity index (χ0) is 12.1. The van der Waals surface area contributed by atoms with Gasteiger partial charge < -0.3 is 15.0 Å². The standard InChI is InChI=1S/C13H24N2O2.ClH/c1-17-10-11-6-8-15(9-11)13(16)5-4-12-3-2-7-14-12;/h11-12,14H,2-10H2,1H3;1H. The number of carbonyl (C=O) groups excluding carboxylic acids is 1. The van der Waals surface area contributed by atoms with E-state index in [4.69, 9.17) is 4.74 Å². The van der Waals surface area contributed by atoms with E-state index in [0.717, 1.165) is 39.1 Å². The van der Waals surface area contributed by atoms with Crippen LogP contribution in [0, 0.1) is 5.92 Å². The normalized spacial score (nSPS) is 27.3. The Morgan fingerprint density at radius 2 is 2.28 bits per heavy atom. The number of hydrogen-bond donors (Lipinski definition) is 1. The number of nitrogens with one attached hydrogen (secondary N) is 1. The Morgan fingerprint density at radius 1 is 1.44 bits per heavy atom. The quantitative estimate of drug-likeness (QED) is 0.826. The maximum absolute atomic E-state index is 12.0. The molecular formula is C13H25ClN2O2. The molecule has 0 spiro atoms. The Bertz CT molecular complexity index is 257. The Morgan fingerprint density at radius 3 is 2.94 bits per heavy atom. The first-order chi connectivity index (χ1) is 8.29. The van der Waals surface area contributed by atoms with Gasteiger partial charge in [-0.15, -0.1) is 12.4 Å². The molecule has 0 bridgehead atoms. The minimum atomic E-state index is 0. The minimum absolute atomic E-state index is 0. The molecule has 0 aliphatic carbocycles. The average molecular weight is 277 g/mol. The highest BCUT2D eigenvalue weighted by molar-refractivity contribution is 5.85. The van der Waals surface area contributed by atoms with Crippen LogP contribution in [0.15, 0.2) is 0 Å². The first-order valence-electron chi connectivity index (χ1n) is 6.79. The van der Waals surface area contributed by atoms with Crippen molar-refractivity contribution in [1.82, 2.24) is 10.2 Å². The number of hydrogen-bond acceptors (Lipinski definition) is 3. The number of nitrogens with zero attached hydrogens (tertiary/aromatic N) is 1. The number of methoxy groups -OCH3 is 1. The molecule has 2 unspecified atom stereocenters. The maximum atomic E-state index is 12.0. The fourth-order valence-corrected chi connectivity index (χ4v) is 2.89. The van der Waals surface area contributed by atoms with Gasteiger partial charge >= 0.3 is 0 Å². The van der Waals surface area contributed by atoms with Crippen LogP contribution in [-0.2, 0) is 9.53 Å². The van der Waals surface area contributed by atoms with E-state index >= 15 is 0 Å². The molecule has 2 aliphatic heterocycles. The smallest absolute Gasteiger partial charge is 0.222 e. The second-order valence-electron chi connectivity index (χ2n) is 5.28. The molecule has 1 amide bonds. The van der Waals surface area contributed by atoms with Crippen LogP contribution in [-0.4, -0.2) is 50.2 Å². The fraction of sp³-hybridized carbons (Fsp3) is 0.923. The number of halogens is 1. The minimum Gasteiger partial charge on any atom is -0.384 e. The summed E-state index contributed by atoms with van der Waals surface area (Å²) in [6.07, 6.45) is 5.31. The fourth-order valence-electron chi connectivity index (χ4n) is 2.89. The second-order valence-corrected chi connectivity index (χ2v) is 5.28. The molecular weight excluding hydrogens is 252 g/mol. The van der Waals surface area contributed by atoms with Gasteiger partial charge in [-0.25, -0.2) is 0 Å². The van der Waals surface area contributed by atoms with Crippen LogP contribution in [0.1, 0.15) is 32.1 Å². The van der Waals surface area contributed by atoms with Crippen molar-refractivity contribution in [3.63, 3.8) is 0 Å². The largest absolute Gasteiger partial charge is 0.384 e. The molecule has 1 N–H and O–H groups in total. The van der Waals surface area contributed by atoms with E-state index in [2.05, 4.69) is 5.32 Å². The van der Waals surface area contributed by atoms with Gasteiger partial charge in [0.25, 0.3) is 0 Å². The molecule has 2 fully saturated rings. The Labute approximate surface area is 116 Å². The zero-order valence-corrected chi connectivity index (χ0v) is 12.0. The van der Waals surface area contributed by atoms with Crippen molar-refractivity contribution < 1.29 is 9.53 Å². The van der Waals surface area contributed by atoms with Crippen molar-refractivity contribution >= 4 is 18.3 Å². The van der Waals surface area contributed by atoms with Gasteiger partial charge in [0.2, 0.25) is 5.91 Å². The molecule has 2 atom stereocenters. The van der Waals surface area contributed by atoms with Crippen LogP contribution >= 0.6 is 12.4 Å². The van der Waals surface area contributed by atoms with Gasteiger partial charge in [0.15, 0.2) is 0 Å². The van der Waals surface area contributed by atoms with Crippen LogP contribution in [0.25, 0.3) is 0 Å². The Hall–Kier alpha value is -0.320. The molecule has 106 valence electrons. The van der Waals surface area contributed by atoms with Crippen molar-refractivity contribution in [3.05, 3.63) is 0 Å². The third-order valence-corrected chi connectivity index (χ3v) is 3.91. The van der Waals surface area contributed by atoms with Crippen LogP contribution < -0.4 is 5.32 Å². The number of amides is 1. The third kappa shape index (κ3) is 4.41. The molecule has 0 aromatic carbocycles. The van der Waals surface area contributed by atoms with Gasteiger partial charge in [-0.1, -0.05) is 0 Å². The summed E-state index contributed by atoms with van der Waals surface area (Å²) < 4.78 is 5.15. The SMILES string of the molecule is COCC1CCN(C(=O)CCC2CCCN2)C1.Cl. The van der Waals surface area contributed by atoms with E-state index in [9.17, 15) is 4.79 Å². The summed E-state index contributed by atoms with van der Waals surface area (Å²) in [5.41, 5.74) is 0. The number of likely N-dealkylation sites (tertiary alicyclic amines) is 1. The molecule has 2 aliphatic rings.